The first-order valence-corrected chi connectivity index (χ1v) is 5.30. The van der Waals surface area contributed by atoms with Gasteiger partial charge < -0.3 is 10.4 Å². The maximum absolute atomic E-state index is 9.16. The quantitative estimate of drug-likeness (QED) is 0.733. The lowest BCUT2D eigenvalue weighted by Gasteiger charge is -2.17. The van der Waals surface area contributed by atoms with Crippen molar-refractivity contribution in [1.29, 1.82) is 0 Å². The van der Waals surface area contributed by atoms with Crippen LogP contribution in [0, 0.1) is 5.92 Å². The van der Waals surface area contributed by atoms with Crippen LogP contribution in [0.5, 0.6) is 0 Å². The highest BCUT2D eigenvalue weighted by Gasteiger charge is 2.08. The van der Waals surface area contributed by atoms with E-state index in [1.165, 1.54) is 6.33 Å². The van der Waals surface area contributed by atoms with Crippen molar-refractivity contribution >= 4 is 0 Å². The van der Waals surface area contributed by atoms with E-state index in [0.717, 1.165) is 12.0 Å². The van der Waals surface area contributed by atoms with Crippen molar-refractivity contribution < 1.29 is 5.11 Å². The van der Waals surface area contributed by atoms with Gasteiger partial charge in [-0.1, -0.05) is 13.8 Å². The van der Waals surface area contributed by atoms with Crippen LogP contribution < -0.4 is 5.32 Å². The largest absolute Gasteiger partial charge is 0.395 e. The molecule has 2 N–H and O–H groups in total. The highest BCUT2D eigenvalue weighted by molar-refractivity contribution is 5.01. The van der Waals surface area contributed by atoms with Gasteiger partial charge in [0.05, 0.1) is 6.61 Å². The van der Waals surface area contributed by atoms with E-state index in [1.807, 2.05) is 0 Å². The Morgan fingerprint density at radius 1 is 1.33 bits per heavy atom. The number of hydrogen-bond donors (Lipinski definition) is 2. The number of nitrogens with one attached hydrogen (secondary N) is 1. The number of nitrogens with zero attached hydrogens (tertiary/aromatic N) is 2. The summed E-state index contributed by atoms with van der Waals surface area (Å²) in [4.78, 5) is 7.87. The maximum atomic E-state index is 9.16. The molecule has 4 heteroatoms. The van der Waals surface area contributed by atoms with E-state index in [1.54, 1.807) is 12.4 Å². The van der Waals surface area contributed by atoms with E-state index in [4.69, 9.17) is 5.11 Å². The fourth-order valence-corrected chi connectivity index (χ4v) is 1.47. The number of aliphatic hydroxyl groups is 1. The van der Waals surface area contributed by atoms with E-state index in [-0.39, 0.29) is 12.6 Å². The predicted molar refractivity (Wildman–Crippen MR) is 59.2 cm³/mol. The average Bonchev–Trinajstić information content (AvgIpc) is 2.25. The summed E-state index contributed by atoms with van der Waals surface area (Å²) in [6.45, 7) is 5.18. The maximum Gasteiger partial charge on any atom is 0.115 e. The monoisotopic (exact) mass is 209 g/mol. The molecule has 0 aliphatic heterocycles. The molecule has 0 aliphatic carbocycles. The van der Waals surface area contributed by atoms with E-state index in [9.17, 15) is 0 Å². The summed E-state index contributed by atoms with van der Waals surface area (Å²) >= 11 is 0. The van der Waals surface area contributed by atoms with Crippen LogP contribution in [0.25, 0.3) is 0 Å². The van der Waals surface area contributed by atoms with Crippen molar-refractivity contribution in [3.63, 3.8) is 0 Å². The van der Waals surface area contributed by atoms with Crippen molar-refractivity contribution in [3.05, 3.63) is 24.3 Å². The van der Waals surface area contributed by atoms with Crippen LogP contribution in [0.1, 0.15) is 25.8 Å². The molecule has 0 fully saturated rings. The molecular formula is C11H19N3O. The molecule has 0 amide bonds. The average molecular weight is 209 g/mol. The van der Waals surface area contributed by atoms with Crippen LogP contribution in [0.3, 0.4) is 0 Å². The summed E-state index contributed by atoms with van der Waals surface area (Å²) in [6, 6.07) is 0.158. The van der Waals surface area contributed by atoms with Gasteiger partial charge in [0, 0.05) is 30.5 Å². The Morgan fingerprint density at radius 3 is 2.53 bits per heavy atom. The van der Waals surface area contributed by atoms with Gasteiger partial charge >= 0.3 is 0 Å². The Morgan fingerprint density at radius 2 is 2.00 bits per heavy atom. The third-order valence-corrected chi connectivity index (χ3v) is 2.19. The van der Waals surface area contributed by atoms with Crippen molar-refractivity contribution in [3.8, 4) is 0 Å². The molecule has 0 aliphatic rings. The highest BCUT2D eigenvalue weighted by Crippen LogP contribution is 2.05. The van der Waals surface area contributed by atoms with Gasteiger partial charge in [0.15, 0.2) is 0 Å². The first kappa shape index (κ1) is 12.1. The van der Waals surface area contributed by atoms with Crippen LogP contribution in [0.2, 0.25) is 0 Å². The van der Waals surface area contributed by atoms with Gasteiger partial charge in [0.25, 0.3) is 0 Å². The zero-order valence-corrected chi connectivity index (χ0v) is 9.35. The molecule has 1 aromatic heterocycles. The molecule has 0 saturated heterocycles. The Kier molecular flexibility index (Phi) is 5.21. The molecule has 1 aromatic rings. The zero-order chi connectivity index (χ0) is 11.1. The van der Waals surface area contributed by atoms with Crippen LogP contribution in [0.4, 0.5) is 0 Å². The van der Waals surface area contributed by atoms with E-state index in [2.05, 4.69) is 29.1 Å². The van der Waals surface area contributed by atoms with Crippen molar-refractivity contribution in [2.45, 2.75) is 32.9 Å². The second-order valence-electron chi connectivity index (χ2n) is 4.14. The molecule has 15 heavy (non-hydrogen) atoms. The number of rotatable bonds is 6. The van der Waals surface area contributed by atoms with Crippen LogP contribution in [0.15, 0.2) is 18.7 Å². The number of aromatic nitrogens is 2. The molecule has 1 heterocycles. The van der Waals surface area contributed by atoms with Gasteiger partial charge in [0.1, 0.15) is 6.33 Å². The van der Waals surface area contributed by atoms with Gasteiger partial charge in [-0.2, -0.15) is 0 Å². The number of aliphatic hydroxyl groups excluding tert-OH is 1. The summed E-state index contributed by atoms with van der Waals surface area (Å²) < 4.78 is 0. The summed E-state index contributed by atoms with van der Waals surface area (Å²) in [5, 5.41) is 12.4. The molecule has 1 atom stereocenters. The lowest BCUT2D eigenvalue weighted by Crippen LogP contribution is -2.33. The summed E-state index contributed by atoms with van der Waals surface area (Å²) in [5.41, 5.74) is 1.04. The number of hydrogen-bond acceptors (Lipinski definition) is 4. The lowest BCUT2D eigenvalue weighted by molar-refractivity contribution is 0.223. The molecule has 0 spiro atoms. The summed E-state index contributed by atoms with van der Waals surface area (Å²) in [5.74, 6) is 0.585. The first-order chi connectivity index (χ1) is 7.22. The fourth-order valence-electron chi connectivity index (χ4n) is 1.47. The fraction of sp³-hybridized carbons (Fsp3) is 0.636. The van der Waals surface area contributed by atoms with Gasteiger partial charge in [-0.15, -0.1) is 0 Å². The Labute approximate surface area is 90.8 Å². The SMILES string of the molecule is CC(C)C[C@@H](CO)NCc1cncnc1. The van der Waals surface area contributed by atoms with Crippen LogP contribution >= 0.6 is 0 Å². The molecule has 0 saturated carbocycles. The second kappa shape index (κ2) is 6.48. The third kappa shape index (κ3) is 4.85. The lowest BCUT2D eigenvalue weighted by atomic mass is 10.0. The normalized spacial score (nSPS) is 13.1. The van der Waals surface area contributed by atoms with Crippen LogP contribution in [-0.4, -0.2) is 27.7 Å². The van der Waals surface area contributed by atoms with E-state index in [0.29, 0.717) is 12.5 Å². The van der Waals surface area contributed by atoms with Crippen molar-refractivity contribution in [1.82, 2.24) is 15.3 Å². The van der Waals surface area contributed by atoms with Gasteiger partial charge in [-0.25, -0.2) is 9.97 Å². The van der Waals surface area contributed by atoms with Crippen molar-refractivity contribution in [2.75, 3.05) is 6.61 Å². The molecule has 0 bridgehead atoms. The molecule has 0 aromatic carbocycles. The third-order valence-electron chi connectivity index (χ3n) is 2.19. The second-order valence-corrected chi connectivity index (χ2v) is 4.14. The zero-order valence-electron chi connectivity index (χ0n) is 9.35. The van der Waals surface area contributed by atoms with Crippen LogP contribution in [-0.2, 0) is 6.54 Å². The molecule has 84 valence electrons. The Balaban J connectivity index is 2.34. The smallest absolute Gasteiger partial charge is 0.115 e. The minimum absolute atomic E-state index is 0.158. The summed E-state index contributed by atoms with van der Waals surface area (Å²) in [6.07, 6.45) is 6.05. The highest BCUT2D eigenvalue weighted by atomic mass is 16.3. The van der Waals surface area contributed by atoms with E-state index >= 15 is 0 Å². The minimum Gasteiger partial charge on any atom is -0.395 e. The molecule has 4 nitrogen and oxygen atoms in total. The van der Waals surface area contributed by atoms with Gasteiger partial charge in [0.2, 0.25) is 0 Å². The first-order valence-electron chi connectivity index (χ1n) is 5.30. The Hall–Kier alpha value is -1.00. The predicted octanol–water partition coefficient (Wildman–Crippen LogP) is 0.973. The topological polar surface area (TPSA) is 58.0 Å². The Bertz CT molecular complexity index is 264. The molecule has 1 rings (SSSR count). The summed E-state index contributed by atoms with van der Waals surface area (Å²) in [7, 11) is 0. The molecule has 0 radical (unpaired) electrons. The standard InChI is InChI=1S/C11H19N3O/c1-9(2)3-11(7-15)14-6-10-4-12-8-13-5-10/h4-5,8-9,11,14-15H,3,6-7H2,1-2H3/t11-/m0/s1. The van der Waals surface area contributed by atoms with E-state index < -0.39 is 0 Å². The minimum atomic E-state index is 0.158. The molecule has 0 unspecified atom stereocenters. The van der Waals surface area contributed by atoms with Gasteiger partial charge in [-0.05, 0) is 12.3 Å². The van der Waals surface area contributed by atoms with Crippen molar-refractivity contribution in [2.24, 2.45) is 5.92 Å². The van der Waals surface area contributed by atoms with Gasteiger partial charge in [-0.3, -0.25) is 0 Å². The molecular weight excluding hydrogens is 190 g/mol.